The molecule has 0 unspecified atom stereocenters. The molecule has 2 aromatic heterocycles. The number of nitrogens with zero attached hydrogens (tertiary/aromatic N) is 5. The number of amides is 1. The molecule has 3 N–H and O–H groups in total. The summed E-state index contributed by atoms with van der Waals surface area (Å²) in [6, 6.07) is 15.2. The highest BCUT2D eigenvalue weighted by Gasteiger charge is 2.24. The second-order valence-electron chi connectivity index (χ2n) is 8.82. The third kappa shape index (κ3) is 5.57. The molecule has 5 rings (SSSR count). The first-order valence-electron chi connectivity index (χ1n) is 11.7. The average Bonchev–Trinajstić information content (AvgIpc) is 3.58. The number of hydrogen-bond donors (Lipinski definition) is 3. The number of benzene rings is 2. The highest BCUT2D eigenvalue weighted by molar-refractivity contribution is 6.00. The zero-order valence-electron chi connectivity index (χ0n) is 19.4. The summed E-state index contributed by atoms with van der Waals surface area (Å²) in [4.78, 5) is 27.4. The summed E-state index contributed by atoms with van der Waals surface area (Å²) in [6.07, 6.45) is 7.12. The maximum atomic E-state index is 12.6. The summed E-state index contributed by atoms with van der Waals surface area (Å²) in [5, 5.41) is 26.5. The lowest BCUT2D eigenvalue weighted by molar-refractivity contribution is -0.138. The van der Waals surface area contributed by atoms with Crippen LogP contribution < -0.4 is 10.6 Å². The Labute approximate surface area is 206 Å². The Kier molecular flexibility index (Phi) is 6.69. The van der Waals surface area contributed by atoms with Crippen molar-refractivity contribution in [2.75, 3.05) is 10.6 Å². The van der Waals surface area contributed by atoms with Gasteiger partial charge in [0.2, 0.25) is 0 Å². The second-order valence-corrected chi connectivity index (χ2v) is 8.82. The summed E-state index contributed by atoms with van der Waals surface area (Å²) in [6.45, 7) is 0. The Morgan fingerprint density at radius 3 is 2.36 bits per heavy atom. The van der Waals surface area contributed by atoms with Crippen molar-refractivity contribution in [2.45, 2.75) is 38.0 Å². The van der Waals surface area contributed by atoms with Crippen LogP contribution in [0, 0.1) is 5.92 Å². The number of hydrogen-bond acceptors (Lipinski definition) is 8. The minimum atomic E-state index is -0.722. The molecule has 0 atom stereocenters. The maximum Gasteiger partial charge on any atom is 0.320 e. The highest BCUT2D eigenvalue weighted by Crippen LogP contribution is 2.37. The molecule has 4 aromatic rings. The Bertz CT molecular complexity index is 1310. The first kappa shape index (κ1) is 23.2. The van der Waals surface area contributed by atoms with Gasteiger partial charge in [-0.15, -0.1) is 5.10 Å². The van der Waals surface area contributed by atoms with Gasteiger partial charge >= 0.3 is 23.8 Å². The number of aliphatic carboxylic acids is 1. The van der Waals surface area contributed by atoms with Crippen molar-refractivity contribution < 1.29 is 19.1 Å². The lowest BCUT2D eigenvalue weighted by atomic mass is 9.77. The van der Waals surface area contributed by atoms with Crippen LogP contribution in [0.2, 0.25) is 0 Å². The molecule has 0 aliphatic heterocycles. The number of anilines is 3. The fourth-order valence-corrected chi connectivity index (χ4v) is 4.50. The topological polar surface area (TPSA) is 148 Å². The van der Waals surface area contributed by atoms with Crippen LogP contribution in [-0.2, 0) is 4.79 Å². The average molecular weight is 488 g/mol. The van der Waals surface area contributed by atoms with E-state index in [1.165, 1.54) is 11.9 Å². The molecule has 184 valence electrons. The Hall–Kier alpha value is -4.54. The molecule has 36 heavy (non-hydrogen) atoms. The zero-order chi connectivity index (χ0) is 24.9. The van der Waals surface area contributed by atoms with E-state index >= 15 is 0 Å². The standard InChI is InChI=1S/C25H25N7O4/c33-22(34)13-16-1-3-17(4-2-16)18-5-7-19(8-6-18)28-23(35)24-30-31-25(36-24)29-20-9-11-21(12-10-20)32-15-26-14-27-32/h5-12,14-17H,1-4,13H2,(H,28,35)(H,29,31)(H,33,34). The molecule has 0 bridgehead atoms. The van der Waals surface area contributed by atoms with Gasteiger partial charge in [-0.1, -0.05) is 17.2 Å². The third-order valence-electron chi connectivity index (χ3n) is 6.37. The van der Waals surface area contributed by atoms with E-state index in [9.17, 15) is 9.59 Å². The van der Waals surface area contributed by atoms with Crippen molar-refractivity contribution in [1.29, 1.82) is 0 Å². The van der Waals surface area contributed by atoms with E-state index < -0.39 is 11.9 Å². The van der Waals surface area contributed by atoms with Crippen molar-refractivity contribution in [3.8, 4) is 5.69 Å². The van der Waals surface area contributed by atoms with E-state index in [1.54, 1.807) is 11.0 Å². The van der Waals surface area contributed by atoms with Gasteiger partial charge in [0, 0.05) is 17.8 Å². The predicted octanol–water partition coefficient (Wildman–Crippen LogP) is 4.39. The smallest absolute Gasteiger partial charge is 0.320 e. The molecular formula is C25H25N7O4. The number of carbonyl (C=O) groups excluding carboxylic acids is 1. The number of aromatic nitrogens is 5. The summed E-state index contributed by atoms with van der Waals surface area (Å²) >= 11 is 0. The second kappa shape index (κ2) is 10.4. The lowest BCUT2D eigenvalue weighted by Crippen LogP contribution is -2.16. The van der Waals surface area contributed by atoms with Crippen molar-refractivity contribution >= 4 is 29.3 Å². The van der Waals surface area contributed by atoms with Gasteiger partial charge in [0.15, 0.2) is 0 Å². The molecule has 11 nitrogen and oxygen atoms in total. The monoisotopic (exact) mass is 487 g/mol. The molecule has 1 aliphatic carbocycles. The normalized spacial score (nSPS) is 17.4. The molecule has 0 saturated heterocycles. The molecule has 1 saturated carbocycles. The minimum Gasteiger partial charge on any atom is -0.481 e. The van der Waals surface area contributed by atoms with Gasteiger partial charge in [0.25, 0.3) is 0 Å². The molecule has 1 aliphatic rings. The van der Waals surface area contributed by atoms with Crippen LogP contribution in [0.25, 0.3) is 5.69 Å². The maximum absolute atomic E-state index is 12.6. The summed E-state index contributed by atoms with van der Waals surface area (Å²) < 4.78 is 7.10. The summed E-state index contributed by atoms with van der Waals surface area (Å²) in [5.74, 6) is -0.697. The molecule has 1 fully saturated rings. The molecule has 0 radical (unpaired) electrons. The van der Waals surface area contributed by atoms with Gasteiger partial charge < -0.3 is 20.2 Å². The third-order valence-corrected chi connectivity index (χ3v) is 6.37. The molecule has 2 aromatic carbocycles. The van der Waals surface area contributed by atoms with Gasteiger partial charge in [0.05, 0.1) is 5.69 Å². The SMILES string of the molecule is O=C(O)CC1CCC(c2ccc(NC(=O)c3nnc(Nc4ccc(-n5cncn5)cc4)o3)cc2)CC1. The summed E-state index contributed by atoms with van der Waals surface area (Å²) in [7, 11) is 0. The van der Waals surface area contributed by atoms with E-state index in [4.69, 9.17) is 9.52 Å². The van der Waals surface area contributed by atoms with E-state index in [-0.39, 0.29) is 24.2 Å². The first-order chi connectivity index (χ1) is 17.5. The van der Waals surface area contributed by atoms with Crippen LogP contribution >= 0.6 is 0 Å². The molecule has 2 heterocycles. The molecule has 11 heteroatoms. The Morgan fingerprint density at radius 1 is 0.972 bits per heavy atom. The van der Waals surface area contributed by atoms with Crippen LogP contribution in [0.3, 0.4) is 0 Å². The van der Waals surface area contributed by atoms with E-state index in [2.05, 4.69) is 30.9 Å². The van der Waals surface area contributed by atoms with Gasteiger partial charge in [-0.3, -0.25) is 9.59 Å². The van der Waals surface area contributed by atoms with Crippen LogP contribution in [0.15, 0.2) is 65.6 Å². The Balaban J connectivity index is 1.14. The zero-order valence-corrected chi connectivity index (χ0v) is 19.4. The summed E-state index contributed by atoms with van der Waals surface area (Å²) in [5.41, 5.74) is 3.38. The van der Waals surface area contributed by atoms with Crippen molar-refractivity contribution in [3.63, 3.8) is 0 Å². The highest BCUT2D eigenvalue weighted by atomic mass is 16.4. The van der Waals surface area contributed by atoms with Gasteiger partial charge in [-0.25, -0.2) is 9.67 Å². The number of carboxylic acids is 1. The van der Waals surface area contributed by atoms with Gasteiger partial charge in [0.1, 0.15) is 12.7 Å². The van der Waals surface area contributed by atoms with Crippen LogP contribution in [-0.4, -0.2) is 41.9 Å². The van der Waals surface area contributed by atoms with Crippen LogP contribution in [0.5, 0.6) is 0 Å². The van der Waals surface area contributed by atoms with E-state index in [1.807, 2.05) is 48.5 Å². The minimum absolute atomic E-state index is 0.0995. The van der Waals surface area contributed by atoms with Gasteiger partial charge in [-0.2, -0.15) is 5.10 Å². The quantitative estimate of drug-likeness (QED) is 0.329. The molecule has 1 amide bonds. The molecule has 0 spiro atoms. The fourth-order valence-electron chi connectivity index (χ4n) is 4.50. The van der Waals surface area contributed by atoms with Crippen molar-refractivity contribution in [2.24, 2.45) is 5.92 Å². The first-order valence-corrected chi connectivity index (χ1v) is 11.7. The van der Waals surface area contributed by atoms with E-state index in [0.717, 1.165) is 31.4 Å². The molecular weight excluding hydrogens is 462 g/mol. The van der Waals surface area contributed by atoms with E-state index in [0.29, 0.717) is 17.3 Å². The number of nitrogens with one attached hydrogen (secondary N) is 2. The van der Waals surface area contributed by atoms with Crippen LogP contribution in [0.1, 0.15) is 54.3 Å². The number of carbonyl (C=O) groups is 2. The predicted molar refractivity (Wildman–Crippen MR) is 130 cm³/mol. The lowest BCUT2D eigenvalue weighted by Gasteiger charge is -2.28. The Morgan fingerprint density at radius 2 is 1.69 bits per heavy atom. The fraction of sp³-hybridized carbons (Fsp3) is 0.280. The van der Waals surface area contributed by atoms with Gasteiger partial charge in [-0.05, 0) is 79.5 Å². The number of carboxylic acid groups (broad SMARTS) is 1. The number of rotatable bonds is 8. The van der Waals surface area contributed by atoms with Crippen molar-refractivity contribution in [1.82, 2.24) is 25.0 Å². The van der Waals surface area contributed by atoms with Crippen molar-refractivity contribution in [3.05, 3.63) is 72.6 Å². The largest absolute Gasteiger partial charge is 0.481 e. The van der Waals surface area contributed by atoms with Crippen LogP contribution in [0.4, 0.5) is 17.4 Å².